The molecule has 0 atom stereocenters. The molecule has 1 heterocycles. The first-order valence-electron chi connectivity index (χ1n) is 9.39. The standard InChI is InChI=1S/C20H31N5O3/c1-7-21-18-16(13-23-15(2)24-18)11-9-8-10-12-22-17(26)14-25(6)19(27)28-20(3,4)5/h13H,7-8,10,12,14H2,1-6H3,(H,22,26)(H,21,23,24). The number of aryl methyl sites for hydroxylation is 1. The van der Waals surface area contributed by atoms with Crippen molar-refractivity contribution >= 4 is 17.8 Å². The van der Waals surface area contributed by atoms with E-state index in [0.29, 0.717) is 25.2 Å². The van der Waals surface area contributed by atoms with Crippen LogP contribution in [0.2, 0.25) is 0 Å². The van der Waals surface area contributed by atoms with Crippen LogP contribution in [0.5, 0.6) is 0 Å². The molecule has 0 aliphatic rings. The molecular formula is C20H31N5O3. The highest BCUT2D eigenvalue weighted by Gasteiger charge is 2.20. The van der Waals surface area contributed by atoms with E-state index in [1.807, 2.05) is 13.8 Å². The molecule has 2 N–H and O–H groups in total. The molecule has 154 valence electrons. The van der Waals surface area contributed by atoms with Crippen molar-refractivity contribution in [2.45, 2.75) is 53.1 Å². The van der Waals surface area contributed by atoms with E-state index in [1.54, 1.807) is 27.0 Å². The summed E-state index contributed by atoms with van der Waals surface area (Å²) in [4.78, 5) is 33.5. The lowest BCUT2D eigenvalue weighted by Crippen LogP contribution is -2.41. The predicted octanol–water partition coefficient (Wildman–Crippen LogP) is 2.33. The van der Waals surface area contributed by atoms with Crippen LogP contribution in [0.25, 0.3) is 0 Å². The number of nitrogens with one attached hydrogen (secondary N) is 2. The first-order valence-corrected chi connectivity index (χ1v) is 9.39. The van der Waals surface area contributed by atoms with Gasteiger partial charge in [-0.15, -0.1) is 0 Å². The van der Waals surface area contributed by atoms with Gasteiger partial charge < -0.3 is 20.3 Å². The molecular weight excluding hydrogens is 358 g/mol. The molecule has 1 aromatic heterocycles. The Bertz CT molecular complexity index is 732. The van der Waals surface area contributed by atoms with E-state index in [9.17, 15) is 9.59 Å². The largest absolute Gasteiger partial charge is 0.444 e. The summed E-state index contributed by atoms with van der Waals surface area (Å²) in [6.45, 7) is 10.4. The molecule has 1 aromatic rings. The van der Waals surface area contributed by atoms with Gasteiger partial charge >= 0.3 is 6.09 Å². The van der Waals surface area contributed by atoms with Gasteiger partial charge in [0.05, 0.1) is 5.56 Å². The number of rotatable bonds is 7. The van der Waals surface area contributed by atoms with Crippen LogP contribution in [0, 0.1) is 18.8 Å². The van der Waals surface area contributed by atoms with Crippen molar-refractivity contribution in [2.24, 2.45) is 0 Å². The summed E-state index contributed by atoms with van der Waals surface area (Å²) in [5, 5.41) is 5.95. The van der Waals surface area contributed by atoms with Gasteiger partial charge in [0.25, 0.3) is 0 Å². The Labute approximate surface area is 167 Å². The lowest BCUT2D eigenvalue weighted by Gasteiger charge is -2.24. The maximum absolute atomic E-state index is 11.9. The number of nitrogens with zero attached hydrogens (tertiary/aromatic N) is 3. The molecule has 0 aromatic carbocycles. The van der Waals surface area contributed by atoms with E-state index < -0.39 is 11.7 Å². The fraction of sp³-hybridized carbons (Fsp3) is 0.600. The van der Waals surface area contributed by atoms with Crippen LogP contribution < -0.4 is 10.6 Å². The van der Waals surface area contributed by atoms with Gasteiger partial charge in [-0.2, -0.15) is 0 Å². The Hall–Kier alpha value is -2.82. The number of carbonyl (C=O) groups excluding carboxylic acids is 2. The molecule has 0 radical (unpaired) electrons. The fourth-order valence-electron chi connectivity index (χ4n) is 2.10. The first kappa shape index (κ1) is 23.2. The third kappa shape index (κ3) is 9.21. The van der Waals surface area contributed by atoms with E-state index in [1.165, 1.54) is 11.9 Å². The summed E-state index contributed by atoms with van der Waals surface area (Å²) in [5.74, 6) is 7.33. The second-order valence-corrected chi connectivity index (χ2v) is 7.30. The van der Waals surface area contributed by atoms with Crippen molar-refractivity contribution in [2.75, 3.05) is 32.0 Å². The number of aromatic nitrogens is 2. The monoisotopic (exact) mass is 389 g/mol. The van der Waals surface area contributed by atoms with E-state index in [0.717, 1.165) is 17.9 Å². The maximum Gasteiger partial charge on any atom is 0.410 e. The number of carbonyl (C=O) groups is 2. The van der Waals surface area contributed by atoms with Gasteiger partial charge in [-0.1, -0.05) is 11.8 Å². The molecule has 1 rings (SSSR count). The van der Waals surface area contributed by atoms with Crippen molar-refractivity contribution in [3.63, 3.8) is 0 Å². The number of ether oxygens (including phenoxy) is 1. The minimum atomic E-state index is -0.588. The Morgan fingerprint density at radius 3 is 2.68 bits per heavy atom. The van der Waals surface area contributed by atoms with Crippen molar-refractivity contribution in [1.82, 2.24) is 20.2 Å². The van der Waals surface area contributed by atoms with Gasteiger partial charge in [0.1, 0.15) is 23.8 Å². The smallest absolute Gasteiger partial charge is 0.410 e. The number of anilines is 1. The molecule has 8 nitrogen and oxygen atoms in total. The molecule has 28 heavy (non-hydrogen) atoms. The number of hydrogen-bond donors (Lipinski definition) is 2. The summed E-state index contributed by atoms with van der Waals surface area (Å²) in [6, 6.07) is 0. The summed E-state index contributed by atoms with van der Waals surface area (Å²) in [6.07, 6.45) is 2.52. The summed E-state index contributed by atoms with van der Waals surface area (Å²) >= 11 is 0. The number of hydrogen-bond acceptors (Lipinski definition) is 6. The summed E-state index contributed by atoms with van der Waals surface area (Å²) < 4.78 is 5.21. The number of unbranched alkanes of at least 4 members (excludes halogenated alkanes) is 1. The van der Waals surface area contributed by atoms with Crippen molar-refractivity contribution < 1.29 is 14.3 Å². The summed E-state index contributed by atoms with van der Waals surface area (Å²) in [5.41, 5.74) is 0.172. The highest BCUT2D eigenvalue weighted by molar-refractivity contribution is 5.82. The fourth-order valence-corrected chi connectivity index (χ4v) is 2.10. The van der Waals surface area contributed by atoms with Crippen molar-refractivity contribution in [1.29, 1.82) is 0 Å². The van der Waals surface area contributed by atoms with Gasteiger partial charge in [0.2, 0.25) is 5.91 Å². The average molecular weight is 390 g/mol. The van der Waals surface area contributed by atoms with Crippen LogP contribution in [0.4, 0.5) is 10.6 Å². The third-order valence-electron chi connectivity index (χ3n) is 3.36. The highest BCUT2D eigenvalue weighted by Crippen LogP contribution is 2.10. The van der Waals surface area contributed by atoms with Gasteiger partial charge in [-0.05, 0) is 41.0 Å². The minimum absolute atomic E-state index is 0.0483. The van der Waals surface area contributed by atoms with Crippen molar-refractivity contribution in [3.8, 4) is 11.8 Å². The lowest BCUT2D eigenvalue weighted by atomic mass is 10.2. The molecule has 0 saturated carbocycles. The Kier molecular flexibility index (Phi) is 9.22. The number of amides is 2. The molecule has 0 fully saturated rings. The van der Waals surface area contributed by atoms with Crippen LogP contribution in [0.15, 0.2) is 6.20 Å². The first-order chi connectivity index (χ1) is 13.1. The SMILES string of the molecule is CCNc1nc(C)ncc1C#CCCCNC(=O)CN(C)C(=O)OC(C)(C)C. The Morgan fingerprint density at radius 1 is 1.32 bits per heavy atom. The maximum atomic E-state index is 11.9. The predicted molar refractivity (Wildman–Crippen MR) is 109 cm³/mol. The van der Waals surface area contributed by atoms with E-state index in [-0.39, 0.29) is 12.5 Å². The van der Waals surface area contributed by atoms with Gasteiger partial charge in [0, 0.05) is 32.8 Å². The van der Waals surface area contributed by atoms with Gasteiger partial charge in [0.15, 0.2) is 0 Å². The molecule has 8 heteroatoms. The zero-order chi connectivity index (χ0) is 21.2. The highest BCUT2D eigenvalue weighted by atomic mass is 16.6. The molecule has 0 aliphatic carbocycles. The van der Waals surface area contributed by atoms with Crippen molar-refractivity contribution in [3.05, 3.63) is 17.6 Å². The van der Waals surface area contributed by atoms with E-state index in [4.69, 9.17) is 4.74 Å². The Morgan fingerprint density at radius 2 is 2.04 bits per heavy atom. The molecule has 0 bridgehead atoms. The lowest BCUT2D eigenvalue weighted by molar-refractivity contribution is -0.122. The van der Waals surface area contributed by atoms with E-state index >= 15 is 0 Å². The summed E-state index contributed by atoms with van der Waals surface area (Å²) in [7, 11) is 1.53. The Balaban J connectivity index is 2.36. The molecule has 0 unspecified atom stereocenters. The zero-order valence-electron chi connectivity index (χ0n) is 17.7. The second-order valence-electron chi connectivity index (χ2n) is 7.30. The molecule has 0 spiro atoms. The average Bonchev–Trinajstić information content (AvgIpc) is 2.58. The van der Waals surface area contributed by atoms with E-state index in [2.05, 4.69) is 32.4 Å². The van der Waals surface area contributed by atoms with Crippen LogP contribution in [0.1, 0.15) is 51.9 Å². The second kappa shape index (κ2) is 11.1. The van der Waals surface area contributed by atoms with Gasteiger partial charge in [-0.25, -0.2) is 14.8 Å². The molecule has 2 amide bonds. The normalized spacial score (nSPS) is 10.5. The quantitative estimate of drug-likeness (QED) is 0.549. The molecule has 0 saturated heterocycles. The van der Waals surface area contributed by atoms with Crippen LogP contribution in [-0.4, -0.2) is 59.2 Å². The minimum Gasteiger partial charge on any atom is -0.444 e. The number of likely N-dealkylation sites (N-methyl/N-ethyl adjacent to an activating group) is 1. The van der Waals surface area contributed by atoms with Crippen LogP contribution in [0.3, 0.4) is 0 Å². The third-order valence-corrected chi connectivity index (χ3v) is 3.36. The van der Waals surface area contributed by atoms with Gasteiger partial charge in [-0.3, -0.25) is 4.79 Å². The molecule has 0 aliphatic heterocycles. The zero-order valence-corrected chi connectivity index (χ0v) is 17.7. The van der Waals surface area contributed by atoms with Crippen LogP contribution in [-0.2, 0) is 9.53 Å². The van der Waals surface area contributed by atoms with Crippen LogP contribution >= 0.6 is 0 Å². The topological polar surface area (TPSA) is 96.5 Å².